The zero-order valence-corrected chi connectivity index (χ0v) is 12.0. The van der Waals surface area contributed by atoms with E-state index < -0.39 is 30.1 Å². The maximum absolute atomic E-state index is 12.9. The highest BCUT2D eigenvalue weighted by molar-refractivity contribution is 6.68. The lowest BCUT2D eigenvalue weighted by atomic mass is 9.54. The second kappa shape index (κ2) is 4.38. The Hall–Kier alpha value is -1.24. The molecular formula is C13H18BF3N2O. The Kier molecular flexibility index (Phi) is 3.32. The van der Waals surface area contributed by atoms with Gasteiger partial charge in [0, 0.05) is 6.20 Å². The highest BCUT2D eigenvalue weighted by Crippen LogP contribution is 2.45. The number of nitrogens with two attached hydrogens (primary N) is 1. The standard InChI is InChI=1S/C13H18BF3N2O/c1-11(2)7-14(20-12(11,3)4)8-5-9(13(15,16)17)10(18)19-6-8/h5-6H,7H2,1-4H3,(H2,18,19). The summed E-state index contributed by atoms with van der Waals surface area (Å²) in [4.78, 5) is 3.66. The number of alkyl halides is 3. The summed E-state index contributed by atoms with van der Waals surface area (Å²) in [6, 6.07) is 1.05. The van der Waals surface area contributed by atoms with Crippen LogP contribution in [0.2, 0.25) is 6.32 Å². The van der Waals surface area contributed by atoms with Gasteiger partial charge in [0.25, 0.3) is 0 Å². The third-order valence-corrected chi connectivity index (χ3v) is 4.38. The number of rotatable bonds is 1. The van der Waals surface area contributed by atoms with Gasteiger partial charge in [-0.1, -0.05) is 13.8 Å². The molecule has 0 atom stereocenters. The van der Waals surface area contributed by atoms with Crippen LogP contribution in [0.15, 0.2) is 12.3 Å². The van der Waals surface area contributed by atoms with E-state index in [9.17, 15) is 13.2 Å². The average molecular weight is 286 g/mol. The molecule has 1 aromatic heterocycles. The Balaban J connectivity index is 2.37. The number of hydrogen-bond donors (Lipinski definition) is 1. The van der Waals surface area contributed by atoms with Crippen LogP contribution in [0.3, 0.4) is 0 Å². The van der Waals surface area contributed by atoms with Gasteiger partial charge in [-0.15, -0.1) is 0 Å². The first-order chi connectivity index (χ1) is 8.94. The molecule has 0 bridgehead atoms. The highest BCUT2D eigenvalue weighted by Gasteiger charge is 2.50. The molecule has 110 valence electrons. The minimum Gasteiger partial charge on any atom is -0.425 e. The first-order valence-electron chi connectivity index (χ1n) is 6.44. The third kappa shape index (κ3) is 2.51. The predicted molar refractivity (Wildman–Crippen MR) is 72.8 cm³/mol. The highest BCUT2D eigenvalue weighted by atomic mass is 19.4. The van der Waals surface area contributed by atoms with Gasteiger partial charge in [0.05, 0.1) is 11.2 Å². The van der Waals surface area contributed by atoms with E-state index in [1.807, 2.05) is 27.7 Å². The van der Waals surface area contributed by atoms with E-state index in [1.54, 1.807) is 0 Å². The Bertz CT molecular complexity index is 513. The van der Waals surface area contributed by atoms with Gasteiger partial charge in [-0.3, -0.25) is 0 Å². The number of halogens is 3. The van der Waals surface area contributed by atoms with Crippen molar-refractivity contribution in [1.82, 2.24) is 4.98 Å². The van der Waals surface area contributed by atoms with Crippen molar-refractivity contribution in [3.63, 3.8) is 0 Å². The fraction of sp³-hybridized carbons (Fsp3) is 0.615. The van der Waals surface area contributed by atoms with Crippen LogP contribution in [0.1, 0.15) is 33.3 Å². The van der Waals surface area contributed by atoms with Crippen LogP contribution in [0.4, 0.5) is 19.0 Å². The molecule has 0 aliphatic carbocycles. The summed E-state index contributed by atoms with van der Waals surface area (Å²) in [5.74, 6) is -0.502. The van der Waals surface area contributed by atoms with Crippen molar-refractivity contribution in [2.75, 3.05) is 5.73 Å². The number of nitrogens with zero attached hydrogens (tertiary/aromatic N) is 1. The zero-order valence-electron chi connectivity index (χ0n) is 12.0. The van der Waals surface area contributed by atoms with Gasteiger partial charge < -0.3 is 10.4 Å². The maximum Gasteiger partial charge on any atom is 0.419 e. The topological polar surface area (TPSA) is 48.1 Å². The van der Waals surface area contributed by atoms with E-state index in [0.29, 0.717) is 11.8 Å². The molecule has 2 rings (SSSR count). The molecule has 1 saturated heterocycles. The molecule has 0 spiro atoms. The van der Waals surface area contributed by atoms with E-state index in [0.717, 1.165) is 6.07 Å². The number of anilines is 1. The molecule has 1 aliphatic heterocycles. The monoisotopic (exact) mass is 286 g/mol. The Morgan fingerprint density at radius 1 is 1.30 bits per heavy atom. The van der Waals surface area contributed by atoms with Gasteiger partial charge in [0.2, 0.25) is 0 Å². The van der Waals surface area contributed by atoms with Gasteiger partial charge in [-0.05, 0) is 37.1 Å². The molecule has 3 nitrogen and oxygen atoms in total. The zero-order chi connectivity index (χ0) is 15.3. The van der Waals surface area contributed by atoms with Gasteiger partial charge in [0.1, 0.15) is 5.82 Å². The van der Waals surface area contributed by atoms with Crippen LogP contribution in [-0.2, 0) is 10.8 Å². The molecule has 1 aromatic rings. The van der Waals surface area contributed by atoms with Gasteiger partial charge >= 0.3 is 13.1 Å². The van der Waals surface area contributed by atoms with Gasteiger partial charge in [-0.25, -0.2) is 4.98 Å². The van der Waals surface area contributed by atoms with Gasteiger partial charge in [-0.2, -0.15) is 13.2 Å². The van der Waals surface area contributed by atoms with E-state index in [4.69, 9.17) is 10.4 Å². The van der Waals surface area contributed by atoms with Crippen molar-refractivity contribution in [2.45, 2.75) is 45.8 Å². The Labute approximate surface area is 116 Å². The van der Waals surface area contributed by atoms with E-state index in [2.05, 4.69) is 4.98 Å². The molecule has 0 radical (unpaired) electrons. The van der Waals surface area contributed by atoms with Crippen LogP contribution in [0.5, 0.6) is 0 Å². The average Bonchev–Trinajstić information content (AvgIpc) is 2.47. The Morgan fingerprint density at radius 3 is 2.35 bits per heavy atom. The summed E-state index contributed by atoms with van der Waals surface area (Å²) in [5, 5.41) is 0. The molecule has 20 heavy (non-hydrogen) atoms. The molecule has 0 saturated carbocycles. The number of pyridine rings is 1. The number of aromatic nitrogens is 1. The first-order valence-corrected chi connectivity index (χ1v) is 6.44. The first kappa shape index (κ1) is 15.2. The van der Waals surface area contributed by atoms with Crippen LogP contribution in [0, 0.1) is 5.41 Å². The molecular weight excluding hydrogens is 268 g/mol. The van der Waals surface area contributed by atoms with Crippen LogP contribution in [0.25, 0.3) is 0 Å². The van der Waals surface area contributed by atoms with Crippen molar-refractivity contribution < 1.29 is 17.8 Å². The second-order valence-electron chi connectivity index (χ2n) is 6.40. The van der Waals surface area contributed by atoms with Crippen molar-refractivity contribution in [1.29, 1.82) is 0 Å². The summed E-state index contributed by atoms with van der Waals surface area (Å²) < 4.78 is 44.5. The smallest absolute Gasteiger partial charge is 0.419 e. The molecule has 0 amide bonds. The fourth-order valence-electron chi connectivity index (χ4n) is 2.35. The summed E-state index contributed by atoms with van der Waals surface area (Å²) in [7, 11) is 0. The third-order valence-electron chi connectivity index (χ3n) is 4.38. The lowest BCUT2D eigenvalue weighted by Gasteiger charge is -2.34. The second-order valence-corrected chi connectivity index (χ2v) is 6.40. The van der Waals surface area contributed by atoms with E-state index >= 15 is 0 Å². The summed E-state index contributed by atoms with van der Waals surface area (Å²) in [6.07, 6.45) is -2.49. The molecule has 7 heteroatoms. The fourth-order valence-corrected chi connectivity index (χ4v) is 2.35. The maximum atomic E-state index is 12.9. The molecule has 1 fully saturated rings. The quantitative estimate of drug-likeness (QED) is 0.807. The van der Waals surface area contributed by atoms with Crippen LogP contribution < -0.4 is 11.2 Å². The molecule has 1 aliphatic rings. The Morgan fingerprint density at radius 2 is 1.90 bits per heavy atom. The normalized spacial score (nSPS) is 21.2. The molecule has 0 aromatic carbocycles. The minimum absolute atomic E-state index is 0.128. The number of hydrogen-bond acceptors (Lipinski definition) is 3. The number of nitrogen functional groups attached to an aromatic ring is 1. The summed E-state index contributed by atoms with van der Waals surface area (Å²) in [5.41, 5.74) is 4.30. The lowest BCUT2D eigenvalue weighted by molar-refractivity contribution is -0.137. The van der Waals surface area contributed by atoms with Crippen molar-refractivity contribution in [3.05, 3.63) is 17.8 Å². The van der Waals surface area contributed by atoms with Crippen molar-refractivity contribution in [2.24, 2.45) is 5.41 Å². The van der Waals surface area contributed by atoms with Crippen LogP contribution in [-0.4, -0.2) is 17.5 Å². The summed E-state index contributed by atoms with van der Waals surface area (Å²) in [6.45, 7) is 7.59. The summed E-state index contributed by atoms with van der Waals surface area (Å²) >= 11 is 0. The SMILES string of the molecule is CC1(C)CB(c2cnc(N)c(C(F)(F)F)c2)OC1(C)C. The van der Waals surface area contributed by atoms with Crippen molar-refractivity contribution >= 4 is 18.2 Å². The van der Waals surface area contributed by atoms with Crippen LogP contribution >= 0.6 is 0 Å². The van der Waals surface area contributed by atoms with Crippen molar-refractivity contribution in [3.8, 4) is 0 Å². The predicted octanol–water partition coefficient (Wildman–Crippen LogP) is 2.72. The van der Waals surface area contributed by atoms with Gasteiger partial charge in [0.15, 0.2) is 0 Å². The molecule has 2 N–H and O–H groups in total. The molecule has 2 heterocycles. The lowest BCUT2D eigenvalue weighted by Crippen LogP contribution is -2.36. The molecule has 0 unspecified atom stereocenters. The van der Waals surface area contributed by atoms with E-state index in [1.165, 1.54) is 6.20 Å². The largest absolute Gasteiger partial charge is 0.425 e. The minimum atomic E-state index is -4.50. The van der Waals surface area contributed by atoms with E-state index in [-0.39, 0.29) is 5.41 Å².